The largest absolute Gasteiger partial charge is 0.330 e. The number of benzene rings is 1. The first-order chi connectivity index (χ1) is 10.1. The SMILES string of the molecule is O=C(c1cnc(Cl)cn1)N(Cc1ccccc1F)C1CC1. The van der Waals surface area contributed by atoms with E-state index in [0.29, 0.717) is 5.56 Å². The average molecular weight is 306 g/mol. The maximum absolute atomic E-state index is 13.8. The van der Waals surface area contributed by atoms with Gasteiger partial charge < -0.3 is 4.90 Å². The molecule has 1 amide bonds. The molecule has 2 aromatic rings. The fraction of sp³-hybridized carbons (Fsp3) is 0.267. The van der Waals surface area contributed by atoms with E-state index in [1.165, 1.54) is 18.5 Å². The predicted octanol–water partition coefficient (Wildman–Crippen LogP) is 3.07. The van der Waals surface area contributed by atoms with Crippen LogP contribution in [0.1, 0.15) is 28.9 Å². The zero-order valence-electron chi connectivity index (χ0n) is 11.2. The van der Waals surface area contributed by atoms with Crippen LogP contribution in [0.5, 0.6) is 0 Å². The summed E-state index contributed by atoms with van der Waals surface area (Å²) >= 11 is 5.67. The van der Waals surface area contributed by atoms with Crippen molar-refractivity contribution in [3.8, 4) is 0 Å². The van der Waals surface area contributed by atoms with Crippen molar-refractivity contribution < 1.29 is 9.18 Å². The van der Waals surface area contributed by atoms with E-state index in [-0.39, 0.29) is 35.2 Å². The van der Waals surface area contributed by atoms with Crippen LogP contribution in [0, 0.1) is 5.82 Å². The normalized spacial score (nSPS) is 14.0. The van der Waals surface area contributed by atoms with Crippen LogP contribution in [0.3, 0.4) is 0 Å². The maximum Gasteiger partial charge on any atom is 0.274 e. The molecule has 1 aliphatic carbocycles. The lowest BCUT2D eigenvalue weighted by atomic mass is 10.2. The number of amides is 1. The quantitative estimate of drug-likeness (QED) is 0.872. The first-order valence-corrected chi connectivity index (χ1v) is 7.05. The van der Waals surface area contributed by atoms with E-state index in [9.17, 15) is 9.18 Å². The van der Waals surface area contributed by atoms with Gasteiger partial charge in [-0.1, -0.05) is 29.8 Å². The van der Waals surface area contributed by atoms with Gasteiger partial charge in [0.15, 0.2) is 0 Å². The molecule has 1 saturated carbocycles. The summed E-state index contributed by atoms with van der Waals surface area (Å²) in [6.07, 6.45) is 4.55. The van der Waals surface area contributed by atoms with Gasteiger partial charge in [0.1, 0.15) is 16.7 Å². The van der Waals surface area contributed by atoms with Gasteiger partial charge >= 0.3 is 0 Å². The van der Waals surface area contributed by atoms with E-state index < -0.39 is 0 Å². The number of carbonyl (C=O) groups is 1. The Morgan fingerprint density at radius 1 is 1.29 bits per heavy atom. The molecule has 0 N–H and O–H groups in total. The second-order valence-electron chi connectivity index (χ2n) is 4.98. The van der Waals surface area contributed by atoms with Gasteiger partial charge in [0, 0.05) is 18.2 Å². The van der Waals surface area contributed by atoms with E-state index in [0.717, 1.165) is 12.8 Å². The number of aromatic nitrogens is 2. The highest BCUT2D eigenvalue weighted by Gasteiger charge is 2.34. The van der Waals surface area contributed by atoms with E-state index >= 15 is 0 Å². The summed E-state index contributed by atoms with van der Waals surface area (Å²) in [6.45, 7) is 0.237. The number of hydrogen-bond donors (Lipinski definition) is 0. The number of rotatable bonds is 4. The molecule has 0 unspecified atom stereocenters. The molecule has 0 saturated heterocycles. The van der Waals surface area contributed by atoms with Crippen molar-refractivity contribution in [1.29, 1.82) is 0 Å². The third-order valence-corrected chi connectivity index (χ3v) is 3.58. The van der Waals surface area contributed by atoms with Crippen LogP contribution in [0.15, 0.2) is 36.7 Å². The third-order valence-electron chi connectivity index (χ3n) is 3.39. The van der Waals surface area contributed by atoms with Gasteiger partial charge in [-0.25, -0.2) is 14.4 Å². The van der Waals surface area contributed by atoms with Crippen LogP contribution >= 0.6 is 11.6 Å². The first-order valence-electron chi connectivity index (χ1n) is 6.67. The summed E-state index contributed by atoms with van der Waals surface area (Å²) in [5.41, 5.74) is 0.724. The topological polar surface area (TPSA) is 46.1 Å². The molecule has 1 fully saturated rings. The lowest BCUT2D eigenvalue weighted by Gasteiger charge is -2.22. The molecule has 0 radical (unpaired) electrons. The van der Waals surface area contributed by atoms with Crippen molar-refractivity contribution in [2.45, 2.75) is 25.4 Å². The molecule has 0 bridgehead atoms. The van der Waals surface area contributed by atoms with Crippen molar-refractivity contribution in [3.63, 3.8) is 0 Å². The molecule has 21 heavy (non-hydrogen) atoms. The van der Waals surface area contributed by atoms with E-state index in [2.05, 4.69) is 9.97 Å². The minimum atomic E-state index is -0.307. The van der Waals surface area contributed by atoms with Gasteiger partial charge in [0.05, 0.1) is 12.4 Å². The molecule has 0 atom stereocenters. The Labute approximate surface area is 126 Å². The standard InChI is InChI=1S/C15H13ClFN3O/c16-14-8-18-13(7-19-14)15(21)20(11-5-6-11)9-10-3-1-2-4-12(10)17/h1-4,7-8,11H,5-6,9H2. The fourth-order valence-corrected chi connectivity index (χ4v) is 2.23. The van der Waals surface area contributed by atoms with Gasteiger partial charge in [-0.2, -0.15) is 0 Å². The molecule has 1 aromatic carbocycles. The highest BCUT2D eigenvalue weighted by Crippen LogP contribution is 2.30. The molecule has 6 heteroatoms. The Hall–Kier alpha value is -2.01. The number of carbonyl (C=O) groups excluding carboxylic acids is 1. The average Bonchev–Trinajstić information content (AvgIpc) is 3.31. The van der Waals surface area contributed by atoms with Crippen LogP contribution in [0.2, 0.25) is 5.15 Å². The lowest BCUT2D eigenvalue weighted by Crippen LogP contribution is -2.33. The fourth-order valence-electron chi connectivity index (χ4n) is 2.13. The minimum Gasteiger partial charge on any atom is -0.330 e. The van der Waals surface area contributed by atoms with Gasteiger partial charge in [-0.15, -0.1) is 0 Å². The van der Waals surface area contributed by atoms with Gasteiger partial charge in [-0.3, -0.25) is 4.79 Å². The second kappa shape index (κ2) is 5.77. The Morgan fingerprint density at radius 3 is 2.67 bits per heavy atom. The smallest absolute Gasteiger partial charge is 0.274 e. The van der Waals surface area contributed by atoms with E-state index in [4.69, 9.17) is 11.6 Å². The van der Waals surface area contributed by atoms with E-state index in [1.54, 1.807) is 23.1 Å². The third kappa shape index (κ3) is 3.19. The van der Waals surface area contributed by atoms with Gasteiger partial charge in [0.2, 0.25) is 0 Å². The number of halogens is 2. The van der Waals surface area contributed by atoms with E-state index in [1.807, 2.05) is 0 Å². The summed E-state index contributed by atoms with van der Waals surface area (Å²) in [5.74, 6) is -0.553. The van der Waals surface area contributed by atoms with Crippen molar-refractivity contribution in [3.05, 3.63) is 58.9 Å². The Balaban J connectivity index is 1.83. The molecule has 4 nitrogen and oxygen atoms in total. The molecule has 1 heterocycles. The second-order valence-corrected chi connectivity index (χ2v) is 5.37. The summed E-state index contributed by atoms with van der Waals surface area (Å²) in [6, 6.07) is 6.62. The van der Waals surface area contributed by atoms with Crippen LogP contribution in [0.4, 0.5) is 4.39 Å². The van der Waals surface area contributed by atoms with Crippen molar-refractivity contribution in [1.82, 2.24) is 14.9 Å². The number of hydrogen-bond acceptors (Lipinski definition) is 3. The zero-order chi connectivity index (χ0) is 14.8. The predicted molar refractivity (Wildman–Crippen MR) is 76.3 cm³/mol. The van der Waals surface area contributed by atoms with Crippen molar-refractivity contribution >= 4 is 17.5 Å². The molecule has 0 aliphatic heterocycles. The van der Waals surface area contributed by atoms with Crippen LogP contribution in [-0.2, 0) is 6.54 Å². The molecular formula is C15H13ClFN3O. The van der Waals surface area contributed by atoms with Crippen molar-refractivity contribution in [2.75, 3.05) is 0 Å². The molecule has 3 rings (SSSR count). The van der Waals surface area contributed by atoms with Crippen molar-refractivity contribution in [2.24, 2.45) is 0 Å². The summed E-state index contributed by atoms with van der Waals surface area (Å²) in [7, 11) is 0. The molecule has 1 aromatic heterocycles. The molecule has 108 valence electrons. The molecule has 1 aliphatic rings. The summed E-state index contributed by atoms with van der Waals surface area (Å²) in [4.78, 5) is 22.0. The molecular weight excluding hydrogens is 293 g/mol. The first kappa shape index (κ1) is 13.9. The monoisotopic (exact) mass is 305 g/mol. The number of nitrogens with zero attached hydrogens (tertiary/aromatic N) is 3. The van der Waals surface area contributed by atoms with Gasteiger partial charge in [0.25, 0.3) is 5.91 Å². The van der Waals surface area contributed by atoms with Crippen LogP contribution in [-0.4, -0.2) is 26.8 Å². The Kier molecular flexibility index (Phi) is 3.84. The van der Waals surface area contributed by atoms with Gasteiger partial charge in [-0.05, 0) is 18.9 Å². The Morgan fingerprint density at radius 2 is 2.05 bits per heavy atom. The molecule has 0 spiro atoms. The van der Waals surface area contributed by atoms with Crippen LogP contribution < -0.4 is 0 Å². The highest BCUT2D eigenvalue weighted by atomic mass is 35.5. The minimum absolute atomic E-state index is 0.148. The lowest BCUT2D eigenvalue weighted by molar-refractivity contribution is 0.0722. The highest BCUT2D eigenvalue weighted by molar-refractivity contribution is 6.29. The summed E-state index contributed by atoms with van der Waals surface area (Å²) < 4.78 is 13.8. The summed E-state index contributed by atoms with van der Waals surface area (Å²) in [5, 5.41) is 0.235. The zero-order valence-corrected chi connectivity index (χ0v) is 11.9. The Bertz CT molecular complexity index is 658. The van der Waals surface area contributed by atoms with Crippen LogP contribution in [0.25, 0.3) is 0 Å². The maximum atomic E-state index is 13.8.